The average molecular weight is 521 g/mol. The van der Waals surface area contributed by atoms with Crippen molar-refractivity contribution in [3.63, 3.8) is 0 Å². The number of anilines is 1. The Balaban J connectivity index is 1.81. The molecule has 3 atom stereocenters. The molecule has 2 N–H and O–H groups in total. The first kappa shape index (κ1) is 28.0. The lowest BCUT2D eigenvalue weighted by atomic mass is 10.00. The number of aromatic nitrogens is 1. The fraction of sp³-hybridized carbons (Fsp3) is 0.423. The summed E-state index contributed by atoms with van der Waals surface area (Å²) < 4.78 is 44.6. The minimum atomic E-state index is -4.47. The van der Waals surface area contributed by atoms with Gasteiger partial charge in [0.1, 0.15) is 11.7 Å². The first-order chi connectivity index (χ1) is 17.4. The average Bonchev–Trinajstić information content (AvgIpc) is 2.85. The van der Waals surface area contributed by atoms with E-state index in [4.69, 9.17) is 4.74 Å². The summed E-state index contributed by atoms with van der Waals surface area (Å²) in [5.74, 6) is -0.431. The Labute approximate surface area is 213 Å². The number of ether oxygens (including phenoxy) is 1. The molecular formula is C26H31F3N4O4. The molecule has 3 rings (SSSR count). The molecule has 1 aliphatic heterocycles. The summed E-state index contributed by atoms with van der Waals surface area (Å²) >= 11 is 0. The van der Waals surface area contributed by atoms with Crippen molar-refractivity contribution in [1.29, 1.82) is 0 Å². The van der Waals surface area contributed by atoms with E-state index in [1.54, 1.807) is 30.2 Å². The van der Waals surface area contributed by atoms with Crippen molar-refractivity contribution in [2.24, 2.45) is 5.92 Å². The maximum absolute atomic E-state index is 13.3. The second-order valence-electron chi connectivity index (χ2n) is 9.13. The fourth-order valence-corrected chi connectivity index (χ4v) is 3.93. The van der Waals surface area contributed by atoms with E-state index in [-0.39, 0.29) is 48.7 Å². The number of pyridine rings is 1. The number of allylic oxidation sites excluding steroid dienone is 1. The third-order valence-corrected chi connectivity index (χ3v) is 6.17. The van der Waals surface area contributed by atoms with Gasteiger partial charge in [0, 0.05) is 31.4 Å². The topological polar surface area (TPSA) is 95.0 Å². The summed E-state index contributed by atoms with van der Waals surface area (Å²) in [5, 5.41) is 12.3. The number of amides is 3. The van der Waals surface area contributed by atoms with Gasteiger partial charge >= 0.3 is 12.2 Å². The zero-order valence-electron chi connectivity index (χ0n) is 21.1. The maximum atomic E-state index is 13.3. The minimum absolute atomic E-state index is 0.112. The van der Waals surface area contributed by atoms with Gasteiger partial charge in [0.05, 0.1) is 24.8 Å². The van der Waals surface area contributed by atoms with Crippen molar-refractivity contribution < 1.29 is 32.6 Å². The molecule has 3 amide bonds. The van der Waals surface area contributed by atoms with Crippen LogP contribution in [-0.4, -0.2) is 70.7 Å². The number of urea groups is 1. The van der Waals surface area contributed by atoms with E-state index < -0.39 is 29.9 Å². The smallest absolute Gasteiger partial charge is 0.416 e. The number of nitrogens with zero attached hydrogens (tertiary/aromatic N) is 3. The Hall–Kier alpha value is -3.60. The third kappa shape index (κ3) is 6.79. The number of aliphatic hydroxyl groups is 1. The molecule has 8 nitrogen and oxygen atoms in total. The number of benzene rings is 1. The first-order valence-electron chi connectivity index (χ1n) is 11.8. The zero-order valence-corrected chi connectivity index (χ0v) is 21.1. The van der Waals surface area contributed by atoms with Crippen LogP contribution in [0.4, 0.5) is 23.7 Å². The van der Waals surface area contributed by atoms with Crippen LogP contribution in [0.15, 0.2) is 42.6 Å². The highest BCUT2D eigenvalue weighted by Crippen LogP contribution is 2.30. The Morgan fingerprint density at radius 2 is 2.03 bits per heavy atom. The first-order valence-corrected chi connectivity index (χ1v) is 11.8. The van der Waals surface area contributed by atoms with Gasteiger partial charge in [-0.3, -0.25) is 4.79 Å². The molecule has 0 fully saturated rings. The van der Waals surface area contributed by atoms with Gasteiger partial charge in [-0.2, -0.15) is 13.2 Å². The van der Waals surface area contributed by atoms with E-state index in [0.717, 1.165) is 12.1 Å². The van der Waals surface area contributed by atoms with Gasteiger partial charge in [0.2, 0.25) is 5.88 Å². The van der Waals surface area contributed by atoms with Crippen LogP contribution in [0.2, 0.25) is 0 Å². The number of aliphatic hydroxyl groups excluding tert-OH is 1. The van der Waals surface area contributed by atoms with E-state index in [9.17, 15) is 27.9 Å². The Morgan fingerprint density at radius 1 is 1.35 bits per heavy atom. The van der Waals surface area contributed by atoms with E-state index in [0.29, 0.717) is 5.56 Å². The van der Waals surface area contributed by atoms with Crippen molar-refractivity contribution >= 4 is 23.7 Å². The second-order valence-corrected chi connectivity index (χ2v) is 9.13. The molecule has 1 aromatic carbocycles. The monoisotopic (exact) mass is 520 g/mol. The van der Waals surface area contributed by atoms with Gasteiger partial charge < -0.3 is 25.0 Å². The van der Waals surface area contributed by atoms with Crippen LogP contribution in [-0.2, 0) is 6.18 Å². The quantitative estimate of drug-likeness (QED) is 0.584. The molecule has 1 aliphatic rings. The summed E-state index contributed by atoms with van der Waals surface area (Å²) in [6.45, 7) is 5.62. The molecule has 0 bridgehead atoms. The van der Waals surface area contributed by atoms with Gasteiger partial charge in [-0.1, -0.05) is 19.1 Å². The highest BCUT2D eigenvalue weighted by molar-refractivity contribution is 5.97. The van der Waals surface area contributed by atoms with Crippen molar-refractivity contribution in [3.8, 4) is 5.88 Å². The van der Waals surface area contributed by atoms with Gasteiger partial charge in [0.25, 0.3) is 5.91 Å². The lowest BCUT2D eigenvalue weighted by molar-refractivity contribution is -0.137. The predicted octanol–water partition coefficient (Wildman–Crippen LogP) is 4.52. The summed E-state index contributed by atoms with van der Waals surface area (Å²) in [5.41, 5.74) is 0.377. The number of carbonyl (C=O) groups is 2. The van der Waals surface area contributed by atoms with Crippen LogP contribution < -0.4 is 10.1 Å². The SMILES string of the molecule is C/C=C/c1cnc2c(c1)C(=O)N([C@H](C)CO)C[C@@H](C)[C@H](CN(C)C(=O)Nc1ccc(C(F)(F)F)cc1)O2. The van der Waals surface area contributed by atoms with Crippen molar-refractivity contribution in [2.45, 2.75) is 39.1 Å². The largest absolute Gasteiger partial charge is 0.472 e. The van der Waals surface area contributed by atoms with E-state index in [2.05, 4.69) is 10.3 Å². The Kier molecular flexibility index (Phi) is 8.80. The van der Waals surface area contributed by atoms with Crippen LogP contribution in [0, 0.1) is 5.92 Å². The molecular weight excluding hydrogens is 489 g/mol. The van der Waals surface area contributed by atoms with E-state index >= 15 is 0 Å². The molecule has 0 saturated heterocycles. The van der Waals surface area contributed by atoms with Gasteiger partial charge in [0.15, 0.2) is 0 Å². The van der Waals surface area contributed by atoms with Gasteiger partial charge in [-0.15, -0.1) is 0 Å². The number of carbonyl (C=O) groups excluding carboxylic acids is 2. The molecule has 2 heterocycles. The highest BCUT2D eigenvalue weighted by Gasteiger charge is 2.35. The van der Waals surface area contributed by atoms with Crippen LogP contribution >= 0.6 is 0 Å². The molecule has 0 unspecified atom stereocenters. The third-order valence-electron chi connectivity index (χ3n) is 6.17. The van der Waals surface area contributed by atoms with E-state index in [1.165, 1.54) is 24.1 Å². The molecule has 0 radical (unpaired) electrons. The molecule has 0 saturated carbocycles. The molecule has 0 aliphatic carbocycles. The molecule has 1 aromatic heterocycles. The van der Waals surface area contributed by atoms with Crippen molar-refractivity contribution in [3.05, 3.63) is 59.3 Å². The number of hydrogen-bond donors (Lipinski definition) is 2. The van der Waals surface area contributed by atoms with Crippen LogP contribution in [0.1, 0.15) is 42.3 Å². The fourth-order valence-electron chi connectivity index (χ4n) is 3.93. The summed E-state index contributed by atoms with van der Waals surface area (Å²) in [4.78, 5) is 33.4. The zero-order chi connectivity index (χ0) is 27.3. The number of alkyl halides is 3. The Bertz CT molecular complexity index is 1140. The number of hydrogen-bond acceptors (Lipinski definition) is 5. The Morgan fingerprint density at radius 3 is 2.62 bits per heavy atom. The van der Waals surface area contributed by atoms with Gasteiger partial charge in [-0.05, 0) is 49.7 Å². The summed E-state index contributed by atoms with van der Waals surface area (Å²) in [6, 6.07) is 4.86. The number of halogens is 3. The number of rotatable bonds is 6. The summed E-state index contributed by atoms with van der Waals surface area (Å²) in [6.07, 6.45) is 0.172. The lowest BCUT2D eigenvalue weighted by Gasteiger charge is -2.37. The number of likely N-dealkylation sites (N-methyl/N-ethyl adjacent to an activating group) is 1. The molecule has 2 aromatic rings. The molecule has 200 valence electrons. The van der Waals surface area contributed by atoms with Gasteiger partial charge in [-0.25, -0.2) is 9.78 Å². The minimum Gasteiger partial charge on any atom is -0.472 e. The van der Waals surface area contributed by atoms with Crippen LogP contribution in [0.25, 0.3) is 6.08 Å². The normalized spacial score (nSPS) is 19.0. The number of nitrogens with one attached hydrogen (secondary N) is 1. The molecule has 37 heavy (non-hydrogen) atoms. The van der Waals surface area contributed by atoms with Crippen molar-refractivity contribution in [2.75, 3.05) is 32.1 Å². The van der Waals surface area contributed by atoms with Crippen LogP contribution in [0.5, 0.6) is 5.88 Å². The van der Waals surface area contributed by atoms with Crippen molar-refractivity contribution in [1.82, 2.24) is 14.8 Å². The molecule has 11 heteroatoms. The van der Waals surface area contributed by atoms with Crippen LogP contribution in [0.3, 0.4) is 0 Å². The van der Waals surface area contributed by atoms with E-state index in [1.807, 2.05) is 19.9 Å². The number of fused-ring (bicyclic) bond motifs is 1. The highest BCUT2D eigenvalue weighted by atomic mass is 19.4. The lowest BCUT2D eigenvalue weighted by Crippen LogP contribution is -2.50. The second kappa shape index (κ2) is 11.6. The molecule has 0 spiro atoms. The standard InChI is InChI=1S/C26H31F3N4O4/c1-5-6-18-11-21-23(30-12-18)37-22(16(2)13-33(24(21)35)17(3)15-34)14-32(4)25(36)31-20-9-7-19(8-10-20)26(27,28)29/h5-12,16-17,22,34H,13-15H2,1-4H3,(H,31,36)/b6-5+/t16-,17-,22+/m1/s1. The predicted molar refractivity (Wildman–Crippen MR) is 133 cm³/mol. The summed E-state index contributed by atoms with van der Waals surface area (Å²) in [7, 11) is 1.54. The maximum Gasteiger partial charge on any atom is 0.416 e.